The number of benzene rings is 2. The number of hydrogen-bond acceptors (Lipinski definition) is 4. The summed E-state index contributed by atoms with van der Waals surface area (Å²) in [5.41, 5.74) is 2.87. The van der Waals surface area contributed by atoms with E-state index < -0.39 is 11.7 Å². The van der Waals surface area contributed by atoms with E-state index in [4.69, 9.17) is 0 Å². The summed E-state index contributed by atoms with van der Waals surface area (Å²) in [6.07, 6.45) is -0.0684. The summed E-state index contributed by atoms with van der Waals surface area (Å²) in [6, 6.07) is 17.2. The molecule has 4 nitrogen and oxygen atoms in total. The van der Waals surface area contributed by atoms with Crippen molar-refractivity contribution >= 4 is 11.8 Å². The van der Waals surface area contributed by atoms with Crippen LogP contribution < -0.4 is 0 Å². The van der Waals surface area contributed by atoms with Crippen LogP contribution in [0.15, 0.2) is 78.2 Å². The molecule has 0 aliphatic carbocycles. The SMILES string of the molecule is CCc1ccc(-n2c(SCc3cccc(C(F)(F)F)c3)nnc2-c2ccncc2)cc1. The van der Waals surface area contributed by atoms with Crippen LogP contribution in [-0.2, 0) is 18.3 Å². The molecule has 0 aliphatic rings. The maximum Gasteiger partial charge on any atom is 0.416 e. The fourth-order valence-electron chi connectivity index (χ4n) is 3.15. The van der Waals surface area contributed by atoms with E-state index in [2.05, 4.69) is 22.1 Å². The van der Waals surface area contributed by atoms with E-state index >= 15 is 0 Å². The molecule has 0 fully saturated rings. The zero-order valence-electron chi connectivity index (χ0n) is 16.7. The maximum absolute atomic E-state index is 13.0. The predicted molar refractivity (Wildman–Crippen MR) is 115 cm³/mol. The first-order valence-electron chi connectivity index (χ1n) is 9.70. The third-order valence-corrected chi connectivity index (χ3v) is 5.80. The van der Waals surface area contributed by atoms with Crippen molar-refractivity contribution in [2.24, 2.45) is 0 Å². The van der Waals surface area contributed by atoms with Crippen molar-refractivity contribution in [3.8, 4) is 17.1 Å². The average molecular weight is 440 g/mol. The molecule has 0 atom stereocenters. The second-order valence-corrected chi connectivity index (χ2v) is 7.83. The Morgan fingerprint density at radius 3 is 2.32 bits per heavy atom. The number of hydrogen-bond donors (Lipinski definition) is 0. The molecule has 0 saturated carbocycles. The van der Waals surface area contributed by atoms with Crippen LogP contribution in [0.2, 0.25) is 0 Å². The lowest BCUT2D eigenvalue weighted by atomic mass is 10.1. The highest BCUT2D eigenvalue weighted by atomic mass is 32.2. The largest absolute Gasteiger partial charge is 0.416 e. The molecule has 0 spiro atoms. The molecule has 2 aromatic heterocycles. The zero-order valence-corrected chi connectivity index (χ0v) is 17.5. The standard InChI is InChI=1S/C23H19F3N4S/c1-2-16-6-8-20(9-7-16)30-21(18-10-12-27-13-11-18)28-29-22(30)31-15-17-4-3-5-19(14-17)23(24,25)26/h3-14H,2,15H2,1H3. The fourth-order valence-corrected chi connectivity index (χ4v) is 4.05. The highest BCUT2D eigenvalue weighted by Crippen LogP contribution is 2.33. The Bertz CT molecular complexity index is 1160. The van der Waals surface area contributed by atoms with Gasteiger partial charge in [-0.3, -0.25) is 9.55 Å². The zero-order chi connectivity index (χ0) is 21.8. The molecule has 2 aromatic carbocycles. The van der Waals surface area contributed by atoms with E-state index in [1.807, 2.05) is 41.0 Å². The third kappa shape index (κ3) is 4.80. The number of thioether (sulfide) groups is 1. The van der Waals surface area contributed by atoms with Crippen molar-refractivity contribution in [2.45, 2.75) is 30.4 Å². The fraction of sp³-hybridized carbons (Fsp3) is 0.174. The van der Waals surface area contributed by atoms with E-state index in [0.29, 0.717) is 22.3 Å². The highest BCUT2D eigenvalue weighted by molar-refractivity contribution is 7.98. The Kier molecular flexibility index (Phi) is 6.08. The smallest absolute Gasteiger partial charge is 0.270 e. The van der Waals surface area contributed by atoms with Crippen LogP contribution in [0, 0.1) is 0 Å². The Hall–Kier alpha value is -3.13. The molecule has 0 unspecified atom stereocenters. The first-order chi connectivity index (χ1) is 15.0. The first-order valence-corrected chi connectivity index (χ1v) is 10.7. The average Bonchev–Trinajstić information content (AvgIpc) is 3.22. The van der Waals surface area contributed by atoms with E-state index in [-0.39, 0.29) is 0 Å². The van der Waals surface area contributed by atoms with Crippen molar-refractivity contribution in [3.05, 3.63) is 89.7 Å². The first kappa shape index (κ1) is 21.1. The van der Waals surface area contributed by atoms with Gasteiger partial charge in [0.1, 0.15) is 0 Å². The minimum absolute atomic E-state index is 0.339. The van der Waals surface area contributed by atoms with Crippen molar-refractivity contribution < 1.29 is 13.2 Å². The van der Waals surface area contributed by atoms with Crippen LogP contribution in [0.4, 0.5) is 13.2 Å². The predicted octanol–water partition coefficient (Wildman–Crippen LogP) is 6.20. The molecule has 0 saturated heterocycles. The lowest BCUT2D eigenvalue weighted by molar-refractivity contribution is -0.137. The molecule has 0 bridgehead atoms. The summed E-state index contributed by atoms with van der Waals surface area (Å²) in [5, 5.41) is 9.29. The minimum atomic E-state index is -4.36. The van der Waals surface area contributed by atoms with Gasteiger partial charge in [-0.05, 0) is 47.9 Å². The van der Waals surface area contributed by atoms with Crippen LogP contribution in [0.25, 0.3) is 17.1 Å². The maximum atomic E-state index is 13.0. The quantitative estimate of drug-likeness (QED) is 0.335. The molecule has 2 heterocycles. The summed E-state index contributed by atoms with van der Waals surface area (Å²) < 4.78 is 41.0. The number of halogens is 3. The van der Waals surface area contributed by atoms with E-state index in [0.717, 1.165) is 23.7 Å². The molecule has 8 heteroatoms. The second kappa shape index (κ2) is 8.93. The number of pyridine rings is 1. The van der Waals surface area contributed by atoms with Gasteiger partial charge in [-0.25, -0.2) is 0 Å². The monoisotopic (exact) mass is 440 g/mol. The number of aromatic nitrogens is 4. The molecule has 0 N–H and O–H groups in total. The molecule has 0 amide bonds. The number of rotatable bonds is 6. The molecule has 4 aromatic rings. The van der Waals surface area contributed by atoms with Crippen molar-refractivity contribution in [2.75, 3.05) is 0 Å². The Morgan fingerprint density at radius 2 is 1.65 bits per heavy atom. The number of nitrogens with zero attached hydrogens (tertiary/aromatic N) is 4. The van der Waals surface area contributed by atoms with Gasteiger partial charge in [0.15, 0.2) is 11.0 Å². The van der Waals surface area contributed by atoms with Crippen LogP contribution in [-0.4, -0.2) is 19.7 Å². The van der Waals surface area contributed by atoms with Crippen molar-refractivity contribution in [3.63, 3.8) is 0 Å². The van der Waals surface area contributed by atoms with Gasteiger partial charge in [0.2, 0.25) is 0 Å². The van der Waals surface area contributed by atoms with Gasteiger partial charge < -0.3 is 0 Å². The van der Waals surface area contributed by atoms with Crippen LogP contribution in [0.5, 0.6) is 0 Å². The number of aryl methyl sites for hydroxylation is 1. The van der Waals surface area contributed by atoms with Crippen molar-refractivity contribution in [1.82, 2.24) is 19.7 Å². The summed E-state index contributed by atoms with van der Waals surface area (Å²) in [7, 11) is 0. The molecule has 158 valence electrons. The van der Waals surface area contributed by atoms with Gasteiger partial charge in [-0.15, -0.1) is 10.2 Å². The highest BCUT2D eigenvalue weighted by Gasteiger charge is 2.30. The van der Waals surface area contributed by atoms with Gasteiger partial charge in [-0.1, -0.05) is 49.0 Å². The lowest BCUT2D eigenvalue weighted by Crippen LogP contribution is -2.05. The van der Waals surface area contributed by atoms with Gasteiger partial charge in [0, 0.05) is 29.4 Å². The van der Waals surface area contributed by atoms with Crippen LogP contribution in [0.1, 0.15) is 23.6 Å². The van der Waals surface area contributed by atoms with E-state index in [1.165, 1.54) is 29.5 Å². The Labute approximate surface area is 182 Å². The van der Waals surface area contributed by atoms with Crippen LogP contribution >= 0.6 is 11.8 Å². The Morgan fingerprint density at radius 1 is 0.903 bits per heavy atom. The minimum Gasteiger partial charge on any atom is -0.270 e. The molecular formula is C23H19F3N4S. The van der Waals surface area contributed by atoms with Gasteiger partial charge >= 0.3 is 6.18 Å². The second-order valence-electron chi connectivity index (χ2n) is 6.88. The molecule has 0 aliphatic heterocycles. The lowest BCUT2D eigenvalue weighted by Gasteiger charge is -2.12. The normalized spacial score (nSPS) is 11.6. The molecule has 4 rings (SSSR count). The molecule has 31 heavy (non-hydrogen) atoms. The summed E-state index contributed by atoms with van der Waals surface area (Å²) in [6.45, 7) is 2.09. The molecule has 0 radical (unpaired) electrons. The van der Waals surface area contributed by atoms with Gasteiger partial charge in [-0.2, -0.15) is 13.2 Å². The summed E-state index contributed by atoms with van der Waals surface area (Å²) in [4.78, 5) is 4.05. The van der Waals surface area contributed by atoms with E-state index in [9.17, 15) is 13.2 Å². The number of alkyl halides is 3. The molecular weight excluding hydrogens is 421 g/mol. The van der Waals surface area contributed by atoms with Gasteiger partial charge in [0.05, 0.1) is 5.56 Å². The topological polar surface area (TPSA) is 43.6 Å². The third-order valence-electron chi connectivity index (χ3n) is 4.80. The summed E-state index contributed by atoms with van der Waals surface area (Å²) in [5.74, 6) is 0.990. The van der Waals surface area contributed by atoms with Crippen molar-refractivity contribution in [1.29, 1.82) is 0 Å². The van der Waals surface area contributed by atoms with E-state index in [1.54, 1.807) is 18.5 Å². The summed E-state index contributed by atoms with van der Waals surface area (Å²) >= 11 is 1.35. The Balaban J connectivity index is 1.68. The van der Waals surface area contributed by atoms with Gasteiger partial charge in [0.25, 0.3) is 0 Å². The van der Waals surface area contributed by atoms with Crippen LogP contribution in [0.3, 0.4) is 0 Å².